The molecular formula is C13H23N3. The molecule has 0 aromatic carbocycles. The van der Waals surface area contributed by atoms with Crippen molar-refractivity contribution in [2.75, 3.05) is 6.54 Å². The average molecular weight is 221 g/mol. The first-order chi connectivity index (χ1) is 7.86. The van der Waals surface area contributed by atoms with Gasteiger partial charge in [-0.25, -0.2) is 4.98 Å². The van der Waals surface area contributed by atoms with Crippen LogP contribution in [0.3, 0.4) is 0 Å². The first-order valence-electron chi connectivity index (χ1n) is 6.57. The maximum Gasteiger partial charge on any atom is 0.0950 e. The van der Waals surface area contributed by atoms with Gasteiger partial charge in [-0.15, -0.1) is 0 Å². The zero-order valence-corrected chi connectivity index (χ0v) is 10.2. The third-order valence-electron chi connectivity index (χ3n) is 3.78. The summed E-state index contributed by atoms with van der Waals surface area (Å²) < 4.78 is 2.39. The Morgan fingerprint density at radius 2 is 2.25 bits per heavy atom. The molecule has 3 heteroatoms. The van der Waals surface area contributed by atoms with Crippen LogP contribution < -0.4 is 5.73 Å². The molecular weight excluding hydrogens is 198 g/mol. The molecule has 2 atom stereocenters. The van der Waals surface area contributed by atoms with Gasteiger partial charge in [-0.1, -0.05) is 26.2 Å². The predicted octanol–water partition coefficient (Wildman–Crippen LogP) is 2.53. The van der Waals surface area contributed by atoms with E-state index in [0.29, 0.717) is 12.0 Å². The van der Waals surface area contributed by atoms with Crippen LogP contribution in [-0.2, 0) is 6.42 Å². The van der Waals surface area contributed by atoms with Gasteiger partial charge in [0.05, 0.1) is 6.33 Å². The molecule has 0 aliphatic heterocycles. The van der Waals surface area contributed by atoms with Crippen molar-refractivity contribution in [3.8, 4) is 0 Å². The highest BCUT2D eigenvalue weighted by Gasteiger charge is 2.26. The van der Waals surface area contributed by atoms with Crippen LogP contribution in [0.5, 0.6) is 0 Å². The first kappa shape index (κ1) is 11.6. The Balaban J connectivity index is 2.16. The van der Waals surface area contributed by atoms with Gasteiger partial charge in [-0.2, -0.15) is 0 Å². The Morgan fingerprint density at radius 3 is 3.00 bits per heavy atom. The van der Waals surface area contributed by atoms with Crippen LogP contribution in [0.4, 0.5) is 0 Å². The molecule has 1 aromatic heterocycles. The van der Waals surface area contributed by atoms with Crippen molar-refractivity contribution in [3.05, 3.63) is 18.2 Å². The smallest absolute Gasteiger partial charge is 0.0950 e. The highest BCUT2D eigenvalue weighted by molar-refractivity contribution is 5.02. The number of nitrogens with zero attached hydrogens (tertiary/aromatic N) is 2. The lowest BCUT2D eigenvalue weighted by Gasteiger charge is -2.32. The lowest BCUT2D eigenvalue weighted by atomic mass is 9.84. The summed E-state index contributed by atoms with van der Waals surface area (Å²) in [7, 11) is 0. The predicted molar refractivity (Wildman–Crippen MR) is 66.3 cm³/mol. The van der Waals surface area contributed by atoms with Crippen LogP contribution in [0.2, 0.25) is 0 Å². The molecule has 0 amide bonds. The van der Waals surface area contributed by atoms with E-state index in [1.807, 2.05) is 12.5 Å². The minimum atomic E-state index is 0.600. The van der Waals surface area contributed by atoms with Crippen LogP contribution in [0, 0.1) is 5.92 Å². The quantitative estimate of drug-likeness (QED) is 0.849. The fraction of sp³-hybridized carbons (Fsp3) is 0.769. The van der Waals surface area contributed by atoms with Crippen LogP contribution in [0.25, 0.3) is 0 Å². The zero-order chi connectivity index (χ0) is 11.4. The van der Waals surface area contributed by atoms with E-state index < -0.39 is 0 Å². The topological polar surface area (TPSA) is 43.8 Å². The molecule has 1 saturated carbocycles. The molecule has 90 valence electrons. The monoisotopic (exact) mass is 221 g/mol. The molecule has 1 aromatic rings. The summed E-state index contributed by atoms with van der Waals surface area (Å²) in [4.78, 5) is 4.31. The fourth-order valence-electron chi connectivity index (χ4n) is 2.91. The summed E-state index contributed by atoms with van der Waals surface area (Å²) >= 11 is 0. The number of hydrogen-bond acceptors (Lipinski definition) is 2. The second-order valence-electron chi connectivity index (χ2n) is 4.89. The fourth-order valence-corrected chi connectivity index (χ4v) is 2.91. The van der Waals surface area contributed by atoms with Gasteiger partial charge in [-0.3, -0.25) is 0 Å². The van der Waals surface area contributed by atoms with E-state index in [1.165, 1.54) is 37.8 Å². The maximum absolute atomic E-state index is 5.89. The number of imidazole rings is 1. The molecule has 1 heterocycles. The van der Waals surface area contributed by atoms with Gasteiger partial charge in [-0.05, 0) is 31.7 Å². The average Bonchev–Trinajstić information content (AvgIpc) is 2.77. The molecule has 2 rings (SSSR count). The molecule has 1 aliphatic rings. The minimum Gasteiger partial charge on any atom is -0.331 e. The molecule has 0 spiro atoms. The van der Waals surface area contributed by atoms with Crippen molar-refractivity contribution < 1.29 is 0 Å². The van der Waals surface area contributed by atoms with Crippen LogP contribution in [-0.4, -0.2) is 16.1 Å². The molecule has 16 heavy (non-hydrogen) atoms. The lowest BCUT2D eigenvalue weighted by molar-refractivity contribution is 0.241. The molecule has 1 aliphatic carbocycles. The van der Waals surface area contributed by atoms with E-state index in [-0.39, 0.29) is 0 Å². The standard InChI is InChI=1S/C13H23N3/c1-2-5-12-9-15-10-16(12)13-7-4-3-6-11(13)8-14/h9-11,13H,2-8,14H2,1H3. The number of aromatic nitrogens is 2. The van der Waals surface area contributed by atoms with E-state index >= 15 is 0 Å². The number of nitrogens with two attached hydrogens (primary N) is 1. The maximum atomic E-state index is 5.89. The molecule has 1 fully saturated rings. The van der Waals surface area contributed by atoms with Crippen molar-refractivity contribution >= 4 is 0 Å². The van der Waals surface area contributed by atoms with Crippen LogP contribution in [0.15, 0.2) is 12.5 Å². The van der Waals surface area contributed by atoms with Gasteiger partial charge in [0, 0.05) is 17.9 Å². The molecule has 3 nitrogen and oxygen atoms in total. The van der Waals surface area contributed by atoms with Gasteiger partial charge < -0.3 is 10.3 Å². The Kier molecular flexibility index (Phi) is 3.99. The van der Waals surface area contributed by atoms with Gasteiger partial charge in [0.1, 0.15) is 0 Å². The third kappa shape index (κ3) is 2.29. The molecule has 0 bridgehead atoms. The zero-order valence-electron chi connectivity index (χ0n) is 10.2. The second-order valence-corrected chi connectivity index (χ2v) is 4.89. The van der Waals surface area contributed by atoms with E-state index in [1.54, 1.807) is 0 Å². The van der Waals surface area contributed by atoms with Gasteiger partial charge in [0.2, 0.25) is 0 Å². The highest BCUT2D eigenvalue weighted by atomic mass is 15.1. The Bertz CT molecular complexity index is 319. The van der Waals surface area contributed by atoms with Crippen molar-refractivity contribution in [1.29, 1.82) is 0 Å². The SMILES string of the molecule is CCCc1cncn1C1CCCCC1CN. The minimum absolute atomic E-state index is 0.600. The van der Waals surface area contributed by atoms with Crippen molar-refractivity contribution in [3.63, 3.8) is 0 Å². The summed E-state index contributed by atoms with van der Waals surface area (Å²) in [6, 6.07) is 0.600. The summed E-state index contributed by atoms with van der Waals surface area (Å²) in [6.07, 6.45) is 11.6. The van der Waals surface area contributed by atoms with Crippen molar-refractivity contribution in [2.24, 2.45) is 11.7 Å². The Hall–Kier alpha value is -0.830. The largest absolute Gasteiger partial charge is 0.331 e. The second kappa shape index (κ2) is 5.48. The van der Waals surface area contributed by atoms with Crippen molar-refractivity contribution in [2.45, 2.75) is 51.5 Å². The summed E-state index contributed by atoms with van der Waals surface area (Å²) in [6.45, 7) is 3.03. The van der Waals surface area contributed by atoms with Crippen LogP contribution in [0.1, 0.15) is 50.8 Å². The Labute approximate surface area is 98.1 Å². The summed E-state index contributed by atoms with van der Waals surface area (Å²) in [5.41, 5.74) is 7.27. The van der Waals surface area contributed by atoms with Gasteiger partial charge in [0.25, 0.3) is 0 Å². The van der Waals surface area contributed by atoms with Gasteiger partial charge >= 0.3 is 0 Å². The molecule has 2 N–H and O–H groups in total. The Morgan fingerprint density at radius 1 is 1.44 bits per heavy atom. The van der Waals surface area contributed by atoms with Gasteiger partial charge in [0.15, 0.2) is 0 Å². The summed E-state index contributed by atoms with van der Waals surface area (Å²) in [5.74, 6) is 0.651. The highest BCUT2D eigenvalue weighted by Crippen LogP contribution is 2.34. The van der Waals surface area contributed by atoms with Crippen molar-refractivity contribution in [1.82, 2.24) is 9.55 Å². The van der Waals surface area contributed by atoms with E-state index in [2.05, 4.69) is 16.5 Å². The normalized spacial score (nSPS) is 25.9. The first-order valence-corrected chi connectivity index (χ1v) is 6.57. The molecule has 0 saturated heterocycles. The molecule has 0 radical (unpaired) electrons. The number of rotatable bonds is 4. The third-order valence-corrected chi connectivity index (χ3v) is 3.78. The number of hydrogen-bond donors (Lipinski definition) is 1. The van der Waals surface area contributed by atoms with E-state index in [0.717, 1.165) is 13.0 Å². The van der Waals surface area contributed by atoms with E-state index in [9.17, 15) is 0 Å². The van der Waals surface area contributed by atoms with Crippen LogP contribution >= 0.6 is 0 Å². The van der Waals surface area contributed by atoms with E-state index in [4.69, 9.17) is 5.73 Å². The summed E-state index contributed by atoms with van der Waals surface area (Å²) in [5, 5.41) is 0. The molecule has 2 unspecified atom stereocenters. The number of aryl methyl sites for hydroxylation is 1. The lowest BCUT2D eigenvalue weighted by Crippen LogP contribution is -2.29.